The summed E-state index contributed by atoms with van der Waals surface area (Å²) in [5.74, 6) is 0.0641. The number of anilines is 2. The fourth-order valence-electron chi connectivity index (χ4n) is 4.04. The van der Waals surface area contributed by atoms with Crippen LogP contribution in [-0.4, -0.2) is 23.3 Å². The van der Waals surface area contributed by atoms with Gasteiger partial charge in [-0.15, -0.1) is 0 Å². The molecule has 1 aliphatic carbocycles. The number of carbonyl (C=O) groups excluding carboxylic acids is 2. The molecule has 0 fully saturated rings. The Bertz CT molecular complexity index is 876. The van der Waals surface area contributed by atoms with E-state index in [0.29, 0.717) is 18.5 Å². The highest BCUT2D eigenvalue weighted by Crippen LogP contribution is 2.30. The lowest BCUT2D eigenvalue weighted by Crippen LogP contribution is -2.34. The van der Waals surface area contributed by atoms with Gasteiger partial charge in [-0.2, -0.15) is 0 Å². The molecule has 2 aliphatic rings. The zero-order valence-electron chi connectivity index (χ0n) is 15.0. The van der Waals surface area contributed by atoms with Crippen molar-refractivity contribution in [2.45, 2.75) is 45.4 Å². The van der Waals surface area contributed by atoms with E-state index in [4.69, 9.17) is 0 Å². The molecule has 0 bridgehead atoms. The number of fused-ring (bicyclic) bond motifs is 2. The van der Waals surface area contributed by atoms with Crippen LogP contribution < -0.4 is 10.2 Å². The molecule has 1 aliphatic heterocycles. The summed E-state index contributed by atoms with van der Waals surface area (Å²) in [6.07, 6.45) is 9.04. The maximum Gasteiger partial charge on any atom is 0.257 e. The van der Waals surface area contributed by atoms with Gasteiger partial charge in [0.05, 0.1) is 5.56 Å². The van der Waals surface area contributed by atoms with Gasteiger partial charge in [0.25, 0.3) is 5.91 Å². The molecule has 134 valence electrons. The van der Waals surface area contributed by atoms with Crippen molar-refractivity contribution in [3.63, 3.8) is 0 Å². The number of benzene rings is 1. The van der Waals surface area contributed by atoms with Crippen LogP contribution in [0.4, 0.5) is 11.4 Å². The van der Waals surface area contributed by atoms with Gasteiger partial charge in [0, 0.05) is 36.7 Å². The van der Waals surface area contributed by atoms with Crippen LogP contribution >= 0.6 is 0 Å². The van der Waals surface area contributed by atoms with Gasteiger partial charge in [-0.1, -0.05) is 0 Å². The monoisotopic (exact) mass is 349 g/mol. The first-order chi connectivity index (χ1) is 12.7. The number of hydrogen-bond acceptors (Lipinski definition) is 3. The first kappa shape index (κ1) is 16.8. The second-order valence-corrected chi connectivity index (χ2v) is 6.97. The Kier molecular flexibility index (Phi) is 4.45. The maximum atomic E-state index is 12.8. The Morgan fingerprint density at radius 2 is 1.96 bits per heavy atom. The lowest BCUT2D eigenvalue weighted by Gasteiger charge is -2.28. The van der Waals surface area contributed by atoms with Crippen LogP contribution in [0.5, 0.6) is 0 Å². The molecule has 26 heavy (non-hydrogen) atoms. The SMILES string of the molecule is CCN1C(=O)CCc2cc(NC(=O)c3cncc4c3CCCC4)ccc21. The third-order valence-corrected chi connectivity index (χ3v) is 5.37. The summed E-state index contributed by atoms with van der Waals surface area (Å²) in [4.78, 5) is 30.9. The summed E-state index contributed by atoms with van der Waals surface area (Å²) in [6.45, 7) is 2.65. The number of nitrogens with zero attached hydrogens (tertiary/aromatic N) is 2. The largest absolute Gasteiger partial charge is 0.322 e. The summed E-state index contributed by atoms with van der Waals surface area (Å²) in [7, 11) is 0. The predicted octanol–water partition coefficient (Wildman–Crippen LogP) is 3.51. The van der Waals surface area contributed by atoms with Crippen LogP contribution in [0.2, 0.25) is 0 Å². The molecule has 5 nitrogen and oxygen atoms in total. The summed E-state index contributed by atoms with van der Waals surface area (Å²) in [5, 5.41) is 3.02. The average molecular weight is 349 g/mol. The van der Waals surface area contributed by atoms with Crippen LogP contribution in [0.15, 0.2) is 30.6 Å². The molecule has 0 unspecified atom stereocenters. The van der Waals surface area contributed by atoms with Crippen molar-refractivity contribution in [2.24, 2.45) is 0 Å². The molecular weight excluding hydrogens is 326 g/mol. The van der Waals surface area contributed by atoms with E-state index in [1.54, 1.807) is 6.20 Å². The molecule has 0 saturated carbocycles. The highest BCUT2D eigenvalue weighted by Gasteiger charge is 2.23. The van der Waals surface area contributed by atoms with Gasteiger partial charge in [0.1, 0.15) is 0 Å². The van der Waals surface area contributed by atoms with E-state index < -0.39 is 0 Å². The van der Waals surface area contributed by atoms with E-state index in [1.165, 1.54) is 5.56 Å². The van der Waals surface area contributed by atoms with E-state index in [0.717, 1.165) is 54.6 Å². The molecule has 1 N–H and O–H groups in total. The van der Waals surface area contributed by atoms with Gasteiger partial charge >= 0.3 is 0 Å². The van der Waals surface area contributed by atoms with Gasteiger partial charge in [-0.3, -0.25) is 14.6 Å². The lowest BCUT2D eigenvalue weighted by atomic mass is 9.90. The van der Waals surface area contributed by atoms with Gasteiger partial charge in [-0.25, -0.2) is 0 Å². The van der Waals surface area contributed by atoms with Crippen molar-refractivity contribution in [2.75, 3.05) is 16.8 Å². The molecule has 4 rings (SSSR count). The summed E-state index contributed by atoms with van der Waals surface area (Å²) < 4.78 is 0. The fraction of sp³-hybridized carbons (Fsp3) is 0.381. The van der Waals surface area contributed by atoms with E-state index in [-0.39, 0.29) is 11.8 Å². The lowest BCUT2D eigenvalue weighted by molar-refractivity contribution is -0.118. The van der Waals surface area contributed by atoms with E-state index in [1.807, 2.05) is 36.2 Å². The standard InChI is InChI=1S/C21H23N3O2/c1-2-24-19-9-8-16(11-14(19)7-10-20(24)25)23-21(26)18-13-22-12-15-5-3-4-6-17(15)18/h8-9,11-13H,2-7,10H2,1H3,(H,23,26). The Morgan fingerprint density at radius 3 is 2.81 bits per heavy atom. The summed E-state index contributed by atoms with van der Waals surface area (Å²) >= 11 is 0. The number of aryl methyl sites for hydroxylation is 2. The number of pyridine rings is 1. The number of aromatic nitrogens is 1. The average Bonchev–Trinajstić information content (AvgIpc) is 2.67. The van der Waals surface area contributed by atoms with E-state index in [2.05, 4.69) is 10.3 Å². The highest BCUT2D eigenvalue weighted by atomic mass is 16.2. The fourth-order valence-corrected chi connectivity index (χ4v) is 4.04. The molecule has 1 aromatic carbocycles. The predicted molar refractivity (Wildman–Crippen MR) is 102 cm³/mol. The zero-order valence-corrected chi connectivity index (χ0v) is 15.0. The number of nitrogens with one attached hydrogen (secondary N) is 1. The van der Waals surface area contributed by atoms with Gasteiger partial charge in [0.2, 0.25) is 5.91 Å². The first-order valence-electron chi connectivity index (χ1n) is 9.37. The van der Waals surface area contributed by atoms with Crippen molar-refractivity contribution in [1.82, 2.24) is 4.98 Å². The topological polar surface area (TPSA) is 62.3 Å². The molecular formula is C21H23N3O2. The van der Waals surface area contributed by atoms with Gasteiger partial charge in [0.15, 0.2) is 0 Å². The first-order valence-corrected chi connectivity index (χ1v) is 9.37. The molecule has 5 heteroatoms. The van der Waals surface area contributed by atoms with Crippen molar-refractivity contribution in [3.05, 3.63) is 52.8 Å². The van der Waals surface area contributed by atoms with Crippen molar-refractivity contribution >= 4 is 23.2 Å². The molecule has 0 atom stereocenters. The summed E-state index contributed by atoms with van der Waals surface area (Å²) in [5.41, 5.74) is 5.87. The van der Waals surface area contributed by atoms with Gasteiger partial charge in [-0.05, 0) is 73.9 Å². The smallest absolute Gasteiger partial charge is 0.257 e. The zero-order chi connectivity index (χ0) is 18.1. The van der Waals surface area contributed by atoms with Crippen LogP contribution in [0, 0.1) is 0 Å². The molecule has 0 spiro atoms. The minimum atomic E-state index is -0.101. The van der Waals surface area contributed by atoms with Crippen molar-refractivity contribution in [1.29, 1.82) is 0 Å². The Labute approximate surface area is 153 Å². The molecule has 1 aromatic heterocycles. The van der Waals surface area contributed by atoms with Crippen molar-refractivity contribution in [3.8, 4) is 0 Å². The number of carbonyl (C=O) groups is 2. The second-order valence-electron chi connectivity index (χ2n) is 6.97. The second kappa shape index (κ2) is 6.90. The number of amides is 2. The van der Waals surface area contributed by atoms with Crippen LogP contribution in [-0.2, 0) is 24.1 Å². The van der Waals surface area contributed by atoms with Crippen LogP contribution in [0.25, 0.3) is 0 Å². The normalized spacial score (nSPS) is 16.0. The quantitative estimate of drug-likeness (QED) is 0.922. The maximum absolute atomic E-state index is 12.8. The number of rotatable bonds is 3. The Balaban J connectivity index is 1.59. The summed E-state index contributed by atoms with van der Waals surface area (Å²) in [6, 6.07) is 5.80. The molecule has 2 heterocycles. The van der Waals surface area contributed by atoms with E-state index in [9.17, 15) is 9.59 Å². The van der Waals surface area contributed by atoms with Crippen LogP contribution in [0.3, 0.4) is 0 Å². The van der Waals surface area contributed by atoms with Gasteiger partial charge < -0.3 is 10.2 Å². The Hall–Kier alpha value is -2.69. The molecule has 2 amide bonds. The number of hydrogen-bond donors (Lipinski definition) is 1. The van der Waals surface area contributed by atoms with Crippen molar-refractivity contribution < 1.29 is 9.59 Å². The Morgan fingerprint density at radius 1 is 1.12 bits per heavy atom. The van der Waals surface area contributed by atoms with Crippen LogP contribution in [0.1, 0.15) is 53.2 Å². The third kappa shape index (κ3) is 2.98. The minimum absolute atomic E-state index is 0.101. The molecule has 0 radical (unpaired) electrons. The minimum Gasteiger partial charge on any atom is -0.322 e. The molecule has 0 saturated heterocycles. The van der Waals surface area contributed by atoms with E-state index >= 15 is 0 Å². The third-order valence-electron chi connectivity index (χ3n) is 5.37. The molecule has 2 aromatic rings. The highest BCUT2D eigenvalue weighted by molar-refractivity contribution is 6.05.